The minimum atomic E-state index is -0.289. The predicted octanol–water partition coefficient (Wildman–Crippen LogP) is 2.63. The lowest BCUT2D eigenvalue weighted by molar-refractivity contribution is 0.102. The second-order valence-corrected chi connectivity index (χ2v) is 5.71. The van der Waals surface area contributed by atoms with Crippen LogP contribution in [0.3, 0.4) is 0 Å². The van der Waals surface area contributed by atoms with Crippen molar-refractivity contribution >= 4 is 11.6 Å². The van der Waals surface area contributed by atoms with Crippen LogP contribution in [0.2, 0.25) is 0 Å². The number of aromatic nitrogens is 5. The molecule has 1 N–H and O–H groups in total. The summed E-state index contributed by atoms with van der Waals surface area (Å²) in [6, 6.07) is 3.31. The second-order valence-electron chi connectivity index (χ2n) is 5.71. The van der Waals surface area contributed by atoms with Crippen LogP contribution in [-0.2, 0) is 0 Å². The number of nitrogens with one attached hydrogen (secondary N) is 1. The summed E-state index contributed by atoms with van der Waals surface area (Å²) in [4.78, 5) is 29.4. The summed E-state index contributed by atoms with van der Waals surface area (Å²) in [7, 11) is 0. The molecule has 8 nitrogen and oxygen atoms in total. The van der Waals surface area contributed by atoms with E-state index in [1.54, 1.807) is 24.5 Å². The zero-order valence-corrected chi connectivity index (χ0v) is 15.1. The average molecular weight is 352 g/mol. The molecule has 3 aromatic heterocycles. The molecule has 3 aromatic rings. The number of anilines is 1. The SMILES string of the molecule is CCOc1ccc(C(=O)Nc2cnc(-n3c(C)nc(C)c3C)nc2)cn1. The van der Waals surface area contributed by atoms with E-state index in [4.69, 9.17) is 4.74 Å². The first-order valence-corrected chi connectivity index (χ1v) is 8.24. The molecule has 26 heavy (non-hydrogen) atoms. The van der Waals surface area contributed by atoms with Crippen molar-refractivity contribution in [3.8, 4) is 11.8 Å². The highest BCUT2D eigenvalue weighted by Gasteiger charge is 2.12. The van der Waals surface area contributed by atoms with Gasteiger partial charge in [0.2, 0.25) is 11.8 Å². The lowest BCUT2D eigenvalue weighted by Gasteiger charge is -2.08. The van der Waals surface area contributed by atoms with Gasteiger partial charge in [0.15, 0.2) is 0 Å². The van der Waals surface area contributed by atoms with Crippen LogP contribution < -0.4 is 10.1 Å². The van der Waals surface area contributed by atoms with E-state index in [2.05, 4.69) is 25.3 Å². The molecule has 8 heteroatoms. The van der Waals surface area contributed by atoms with Crippen molar-refractivity contribution in [2.75, 3.05) is 11.9 Å². The van der Waals surface area contributed by atoms with Gasteiger partial charge in [0, 0.05) is 18.0 Å². The fraction of sp³-hybridized carbons (Fsp3) is 0.278. The Labute approximate surface area is 151 Å². The molecular formula is C18H20N6O2. The third-order valence-corrected chi connectivity index (χ3v) is 3.90. The summed E-state index contributed by atoms with van der Waals surface area (Å²) in [5.74, 6) is 1.53. The number of pyridine rings is 1. The lowest BCUT2D eigenvalue weighted by atomic mass is 10.2. The minimum Gasteiger partial charge on any atom is -0.478 e. The van der Waals surface area contributed by atoms with Gasteiger partial charge in [0.25, 0.3) is 5.91 Å². The maximum Gasteiger partial charge on any atom is 0.257 e. The van der Waals surface area contributed by atoms with Crippen molar-refractivity contribution in [2.24, 2.45) is 0 Å². The Kier molecular flexibility index (Phi) is 4.92. The van der Waals surface area contributed by atoms with E-state index < -0.39 is 0 Å². The topological polar surface area (TPSA) is 94.8 Å². The number of ether oxygens (including phenoxy) is 1. The molecule has 0 fully saturated rings. The monoisotopic (exact) mass is 352 g/mol. The molecule has 0 spiro atoms. The van der Waals surface area contributed by atoms with Gasteiger partial charge < -0.3 is 10.1 Å². The highest BCUT2D eigenvalue weighted by molar-refractivity contribution is 6.03. The van der Waals surface area contributed by atoms with E-state index in [9.17, 15) is 4.79 Å². The maximum atomic E-state index is 12.3. The number of hydrogen-bond acceptors (Lipinski definition) is 6. The van der Waals surface area contributed by atoms with Gasteiger partial charge in [0.1, 0.15) is 5.82 Å². The number of hydrogen-bond donors (Lipinski definition) is 1. The summed E-state index contributed by atoms with van der Waals surface area (Å²) < 4.78 is 7.14. The van der Waals surface area contributed by atoms with E-state index in [0.717, 1.165) is 17.2 Å². The number of carbonyl (C=O) groups is 1. The third kappa shape index (κ3) is 3.53. The number of rotatable bonds is 5. The Balaban J connectivity index is 1.73. The van der Waals surface area contributed by atoms with Crippen LogP contribution >= 0.6 is 0 Å². The summed E-state index contributed by atoms with van der Waals surface area (Å²) in [5, 5.41) is 2.75. The summed E-state index contributed by atoms with van der Waals surface area (Å²) in [6.45, 7) is 8.21. The number of aryl methyl sites for hydroxylation is 2. The number of carbonyl (C=O) groups excluding carboxylic acids is 1. The molecular weight excluding hydrogens is 332 g/mol. The molecule has 0 saturated heterocycles. The fourth-order valence-corrected chi connectivity index (χ4v) is 2.53. The Morgan fingerprint density at radius 3 is 2.38 bits per heavy atom. The first-order valence-electron chi connectivity index (χ1n) is 8.24. The van der Waals surface area contributed by atoms with E-state index in [-0.39, 0.29) is 5.91 Å². The van der Waals surface area contributed by atoms with Crippen molar-refractivity contribution in [2.45, 2.75) is 27.7 Å². The first-order chi connectivity index (χ1) is 12.5. The summed E-state index contributed by atoms with van der Waals surface area (Å²) in [6.07, 6.45) is 4.60. The van der Waals surface area contributed by atoms with Crippen molar-refractivity contribution in [3.63, 3.8) is 0 Å². The zero-order valence-electron chi connectivity index (χ0n) is 15.1. The first kappa shape index (κ1) is 17.5. The Bertz CT molecular complexity index is 916. The lowest BCUT2D eigenvalue weighted by Crippen LogP contribution is -2.13. The van der Waals surface area contributed by atoms with Crippen LogP contribution in [0.5, 0.6) is 5.88 Å². The van der Waals surface area contributed by atoms with Gasteiger partial charge in [0.05, 0.1) is 35.9 Å². The molecule has 1 amide bonds. The molecule has 3 heterocycles. The second kappa shape index (κ2) is 7.30. The smallest absolute Gasteiger partial charge is 0.257 e. The molecule has 0 unspecified atom stereocenters. The van der Waals surface area contributed by atoms with Crippen LogP contribution in [0.4, 0.5) is 5.69 Å². The largest absolute Gasteiger partial charge is 0.478 e. The zero-order chi connectivity index (χ0) is 18.7. The van der Waals surface area contributed by atoms with E-state index in [0.29, 0.717) is 29.7 Å². The van der Waals surface area contributed by atoms with Gasteiger partial charge in [-0.25, -0.2) is 19.9 Å². The molecule has 0 bridgehead atoms. The summed E-state index contributed by atoms with van der Waals surface area (Å²) >= 11 is 0. The average Bonchev–Trinajstić information content (AvgIpc) is 2.89. The molecule has 0 radical (unpaired) electrons. The number of amides is 1. The molecule has 0 aliphatic carbocycles. The van der Waals surface area contributed by atoms with E-state index in [1.807, 2.05) is 32.3 Å². The van der Waals surface area contributed by atoms with E-state index >= 15 is 0 Å². The Morgan fingerprint density at radius 2 is 1.85 bits per heavy atom. The molecule has 0 aliphatic heterocycles. The van der Waals surface area contributed by atoms with Gasteiger partial charge in [-0.1, -0.05) is 0 Å². The van der Waals surface area contributed by atoms with Crippen molar-refractivity contribution in [1.29, 1.82) is 0 Å². The van der Waals surface area contributed by atoms with Gasteiger partial charge in [-0.15, -0.1) is 0 Å². The normalized spacial score (nSPS) is 10.6. The molecule has 0 atom stereocenters. The fourth-order valence-electron chi connectivity index (χ4n) is 2.53. The van der Waals surface area contributed by atoms with Gasteiger partial charge >= 0.3 is 0 Å². The van der Waals surface area contributed by atoms with Crippen molar-refractivity contribution in [3.05, 3.63) is 53.5 Å². The maximum absolute atomic E-state index is 12.3. The standard InChI is InChI=1S/C18H20N6O2/c1-5-26-16-7-6-14(8-19-16)17(25)23-15-9-20-18(21-10-15)24-12(3)11(2)22-13(24)4/h6-10H,5H2,1-4H3,(H,23,25). The molecule has 0 saturated carbocycles. The molecule has 134 valence electrons. The molecule has 0 aliphatic rings. The van der Waals surface area contributed by atoms with Gasteiger partial charge in [-0.05, 0) is 33.8 Å². The van der Waals surface area contributed by atoms with Gasteiger partial charge in [-0.3, -0.25) is 9.36 Å². The number of nitrogens with zero attached hydrogens (tertiary/aromatic N) is 5. The Morgan fingerprint density at radius 1 is 1.12 bits per heavy atom. The summed E-state index contributed by atoms with van der Waals surface area (Å²) in [5.41, 5.74) is 2.85. The predicted molar refractivity (Wildman–Crippen MR) is 96.7 cm³/mol. The highest BCUT2D eigenvalue weighted by atomic mass is 16.5. The van der Waals surface area contributed by atoms with Crippen molar-refractivity contribution in [1.82, 2.24) is 24.5 Å². The molecule has 0 aromatic carbocycles. The molecule has 3 rings (SSSR count). The van der Waals surface area contributed by atoms with Crippen LogP contribution in [0, 0.1) is 20.8 Å². The van der Waals surface area contributed by atoms with Gasteiger partial charge in [-0.2, -0.15) is 0 Å². The third-order valence-electron chi connectivity index (χ3n) is 3.90. The van der Waals surface area contributed by atoms with Crippen LogP contribution in [0.1, 0.15) is 34.5 Å². The van der Waals surface area contributed by atoms with E-state index in [1.165, 1.54) is 6.20 Å². The quantitative estimate of drug-likeness (QED) is 0.758. The van der Waals surface area contributed by atoms with Crippen LogP contribution in [0.15, 0.2) is 30.7 Å². The van der Waals surface area contributed by atoms with Crippen LogP contribution in [0.25, 0.3) is 5.95 Å². The highest BCUT2D eigenvalue weighted by Crippen LogP contribution is 2.15. The number of imidazole rings is 1. The van der Waals surface area contributed by atoms with Crippen LogP contribution in [-0.4, -0.2) is 37.0 Å². The van der Waals surface area contributed by atoms with Crippen molar-refractivity contribution < 1.29 is 9.53 Å². The minimum absolute atomic E-state index is 0.289. The Hall–Kier alpha value is -3.29.